The zero-order valence-electron chi connectivity index (χ0n) is 16.1. The van der Waals surface area contributed by atoms with Crippen LogP contribution >= 0.6 is 0 Å². The predicted molar refractivity (Wildman–Crippen MR) is 101 cm³/mol. The van der Waals surface area contributed by atoms with Crippen LogP contribution in [0.5, 0.6) is 0 Å². The second-order valence-corrected chi connectivity index (χ2v) is 8.15. The van der Waals surface area contributed by atoms with Gasteiger partial charge in [-0.2, -0.15) is 5.10 Å². The minimum Gasteiger partial charge on any atom is -0.396 e. The first-order valence-electron chi connectivity index (χ1n) is 9.88. The van der Waals surface area contributed by atoms with Crippen molar-refractivity contribution < 1.29 is 5.11 Å². The molecule has 0 spiro atoms. The lowest BCUT2D eigenvalue weighted by atomic mass is 9.98. The van der Waals surface area contributed by atoms with Crippen molar-refractivity contribution in [2.24, 2.45) is 0 Å². The second-order valence-electron chi connectivity index (χ2n) is 8.15. The third-order valence-corrected chi connectivity index (χ3v) is 5.87. The maximum Gasteiger partial charge on any atom is 0.0650 e. The Labute approximate surface area is 152 Å². The zero-order valence-corrected chi connectivity index (χ0v) is 16.1. The molecule has 0 saturated carbocycles. The van der Waals surface area contributed by atoms with Gasteiger partial charge in [0.1, 0.15) is 0 Å². The molecule has 6 nitrogen and oxygen atoms in total. The second kappa shape index (κ2) is 8.62. The number of piperazine rings is 1. The zero-order chi connectivity index (χ0) is 17.8. The van der Waals surface area contributed by atoms with Crippen molar-refractivity contribution >= 4 is 0 Å². The summed E-state index contributed by atoms with van der Waals surface area (Å²) in [5, 5.41) is 17.2. The SMILES string of the molecule is CC(C)c1cc(CN2CCN(C3CCN(C)CC3)C(CCO)C2)[nH]n1. The van der Waals surface area contributed by atoms with Gasteiger partial charge in [-0.3, -0.25) is 14.9 Å². The maximum atomic E-state index is 9.55. The fourth-order valence-electron chi connectivity index (χ4n) is 4.29. The number of piperidine rings is 1. The van der Waals surface area contributed by atoms with Gasteiger partial charge in [-0.05, 0) is 51.4 Å². The van der Waals surface area contributed by atoms with Gasteiger partial charge in [0.15, 0.2) is 0 Å². The summed E-state index contributed by atoms with van der Waals surface area (Å²) in [6, 6.07) is 3.36. The van der Waals surface area contributed by atoms with Crippen molar-refractivity contribution in [1.82, 2.24) is 24.9 Å². The van der Waals surface area contributed by atoms with Gasteiger partial charge >= 0.3 is 0 Å². The fourth-order valence-corrected chi connectivity index (χ4v) is 4.29. The standard InChI is InChI=1S/C19H35N5O/c1-15(2)19-12-16(20-21-19)13-23-9-10-24(18(14-23)6-11-25)17-4-7-22(3)8-5-17/h12,15,17-18,25H,4-11,13-14H2,1-3H3,(H,20,21). The lowest BCUT2D eigenvalue weighted by Crippen LogP contribution is -2.58. The van der Waals surface area contributed by atoms with Crippen molar-refractivity contribution in [2.75, 3.05) is 46.4 Å². The Balaban J connectivity index is 1.58. The molecule has 2 N–H and O–H groups in total. The summed E-state index contributed by atoms with van der Waals surface area (Å²) in [5.74, 6) is 0.466. The van der Waals surface area contributed by atoms with Crippen LogP contribution in [0.15, 0.2) is 6.07 Å². The van der Waals surface area contributed by atoms with Gasteiger partial charge in [0.2, 0.25) is 0 Å². The lowest BCUT2D eigenvalue weighted by molar-refractivity contribution is 0.00565. The summed E-state index contributed by atoms with van der Waals surface area (Å²) in [5.41, 5.74) is 2.35. The highest BCUT2D eigenvalue weighted by Crippen LogP contribution is 2.24. The van der Waals surface area contributed by atoms with Crippen LogP contribution < -0.4 is 0 Å². The first kappa shape index (κ1) is 18.8. The Hall–Kier alpha value is -0.950. The van der Waals surface area contributed by atoms with Gasteiger partial charge in [-0.1, -0.05) is 13.8 Å². The van der Waals surface area contributed by atoms with Gasteiger partial charge in [0, 0.05) is 50.6 Å². The summed E-state index contributed by atoms with van der Waals surface area (Å²) >= 11 is 0. The Morgan fingerprint density at radius 3 is 2.64 bits per heavy atom. The lowest BCUT2D eigenvalue weighted by Gasteiger charge is -2.47. The third kappa shape index (κ3) is 4.82. The molecule has 0 aromatic carbocycles. The summed E-state index contributed by atoms with van der Waals surface area (Å²) in [6.07, 6.45) is 3.40. The first-order chi connectivity index (χ1) is 12.1. The van der Waals surface area contributed by atoms with E-state index in [2.05, 4.69) is 51.9 Å². The average molecular weight is 350 g/mol. The van der Waals surface area contributed by atoms with E-state index >= 15 is 0 Å². The Morgan fingerprint density at radius 1 is 1.24 bits per heavy atom. The number of likely N-dealkylation sites (tertiary alicyclic amines) is 1. The molecule has 1 aromatic heterocycles. The van der Waals surface area contributed by atoms with Crippen molar-refractivity contribution in [1.29, 1.82) is 0 Å². The fraction of sp³-hybridized carbons (Fsp3) is 0.842. The molecule has 0 bridgehead atoms. The molecule has 3 heterocycles. The van der Waals surface area contributed by atoms with E-state index in [9.17, 15) is 5.11 Å². The van der Waals surface area contributed by atoms with Crippen LogP contribution in [0.3, 0.4) is 0 Å². The number of hydrogen-bond acceptors (Lipinski definition) is 5. The van der Waals surface area contributed by atoms with Gasteiger partial charge in [0.25, 0.3) is 0 Å². The highest BCUT2D eigenvalue weighted by molar-refractivity contribution is 5.12. The predicted octanol–water partition coefficient (Wildman–Crippen LogP) is 1.50. The Bertz CT molecular complexity index is 524. The maximum absolute atomic E-state index is 9.55. The molecule has 1 unspecified atom stereocenters. The van der Waals surface area contributed by atoms with Crippen LogP contribution in [-0.2, 0) is 6.54 Å². The normalized spacial score (nSPS) is 25.1. The average Bonchev–Trinajstić information content (AvgIpc) is 3.05. The number of H-pyrrole nitrogens is 1. The largest absolute Gasteiger partial charge is 0.396 e. The molecule has 142 valence electrons. The highest BCUT2D eigenvalue weighted by atomic mass is 16.3. The molecule has 2 saturated heterocycles. The number of aliphatic hydroxyl groups excluding tert-OH is 1. The van der Waals surface area contributed by atoms with Crippen LogP contribution in [-0.4, -0.2) is 88.5 Å². The number of nitrogens with one attached hydrogen (secondary N) is 1. The monoisotopic (exact) mass is 349 g/mol. The van der Waals surface area contributed by atoms with E-state index in [1.165, 1.54) is 31.6 Å². The van der Waals surface area contributed by atoms with Gasteiger partial charge < -0.3 is 10.0 Å². The van der Waals surface area contributed by atoms with Crippen molar-refractivity contribution in [3.63, 3.8) is 0 Å². The molecule has 1 atom stereocenters. The summed E-state index contributed by atoms with van der Waals surface area (Å²) in [6.45, 7) is 11.2. The third-order valence-electron chi connectivity index (χ3n) is 5.87. The number of nitrogens with zero attached hydrogens (tertiary/aromatic N) is 4. The van der Waals surface area contributed by atoms with Crippen molar-refractivity contribution in [2.45, 2.75) is 57.7 Å². The molecule has 2 fully saturated rings. The molecular formula is C19H35N5O. The quantitative estimate of drug-likeness (QED) is 0.815. The van der Waals surface area contributed by atoms with Crippen molar-refractivity contribution in [3.8, 4) is 0 Å². The van der Waals surface area contributed by atoms with E-state index in [0.29, 0.717) is 18.0 Å². The molecule has 3 rings (SSSR count). The molecule has 0 radical (unpaired) electrons. The highest BCUT2D eigenvalue weighted by Gasteiger charge is 2.33. The van der Waals surface area contributed by atoms with E-state index < -0.39 is 0 Å². The van der Waals surface area contributed by atoms with Crippen LogP contribution in [0, 0.1) is 0 Å². The van der Waals surface area contributed by atoms with Crippen LogP contribution in [0.1, 0.15) is 50.4 Å². The van der Waals surface area contributed by atoms with Gasteiger partial charge in [-0.25, -0.2) is 0 Å². The number of hydrogen-bond donors (Lipinski definition) is 2. The number of rotatable bonds is 6. The molecule has 2 aliphatic heterocycles. The van der Waals surface area contributed by atoms with Crippen LogP contribution in [0.4, 0.5) is 0 Å². The van der Waals surface area contributed by atoms with E-state index in [-0.39, 0.29) is 6.61 Å². The van der Waals surface area contributed by atoms with Gasteiger partial charge in [-0.15, -0.1) is 0 Å². The van der Waals surface area contributed by atoms with E-state index in [1.54, 1.807) is 0 Å². The Kier molecular flexibility index (Phi) is 6.49. The number of aromatic amines is 1. The summed E-state index contributed by atoms with van der Waals surface area (Å²) in [7, 11) is 2.22. The molecular weight excluding hydrogens is 314 g/mol. The van der Waals surface area contributed by atoms with E-state index in [1.807, 2.05) is 0 Å². The molecule has 6 heteroatoms. The number of aromatic nitrogens is 2. The summed E-state index contributed by atoms with van der Waals surface area (Å²) in [4.78, 5) is 7.63. The minimum absolute atomic E-state index is 0.281. The molecule has 1 aromatic rings. The molecule has 0 amide bonds. The molecule has 0 aliphatic carbocycles. The molecule has 25 heavy (non-hydrogen) atoms. The smallest absolute Gasteiger partial charge is 0.0650 e. The molecule has 2 aliphatic rings. The topological polar surface area (TPSA) is 58.6 Å². The van der Waals surface area contributed by atoms with Crippen LogP contribution in [0.25, 0.3) is 0 Å². The number of aliphatic hydroxyl groups is 1. The van der Waals surface area contributed by atoms with Gasteiger partial charge in [0.05, 0.1) is 5.69 Å². The van der Waals surface area contributed by atoms with Crippen LogP contribution in [0.2, 0.25) is 0 Å². The minimum atomic E-state index is 0.281. The van der Waals surface area contributed by atoms with E-state index in [0.717, 1.165) is 38.3 Å². The Morgan fingerprint density at radius 2 is 2.00 bits per heavy atom. The van der Waals surface area contributed by atoms with Crippen molar-refractivity contribution in [3.05, 3.63) is 17.5 Å². The summed E-state index contributed by atoms with van der Waals surface area (Å²) < 4.78 is 0. The van der Waals surface area contributed by atoms with E-state index in [4.69, 9.17) is 0 Å². The first-order valence-corrected chi connectivity index (χ1v) is 9.88.